The first-order chi connectivity index (χ1) is 15.7. The van der Waals surface area contributed by atoms with Crippen LogP contribution >= 0.6 is 0 Å². The van der Waals surface area contributed by atoms with Crippen molar-refractivity contribution in [3.05, 3.63) is 75.4 Å². The molecule has 1 aromatic heterocycles. The van der Waals surface area contributed by atoms with Crippen molar-refractivity contribution in [2.75, 3.05) is 11.9 Å². The minimum atomic E-state index is -0.366. The molecular formula is C25H27N5O3. The minimum Gasteiger partial charge on any atom is -0.400 e. The minimum absolute atomic E-state index is 0.182. The molecule has 1 aliphatic heterocycles. The fourth-order valence-electron chi connectivity index (χ4n) is 4.10. The molecule has 8 heteroatoms. The van der Waals surface area contributed by atoms with E-state index < -0.39 is 0 Å². The highest BCUT2D eigenvalue weighted by Gasteiger charge is 2.25. The van der Waals surface area contributed by atoms with E-state index in [9.17, 15) is 14.4 Å². The summed E-state index contributed by atoms with van der Waals surface area (Å²) < 4.78 is 0. The summed E-state index contributed by atoms with van der Waals surface area (Å²) in [5.41, 5.74) is 12.8. The lowest BCUT2D eigenvalue weighted by Crippen LogP contribution is -2.37. The van der Waals surface area contributed by atoms with Gasteiger partial charge in [0.2, 0.25) is 5.91 Å². The van der Waals surface area contributed by atoms with Crippen molar-refractivity contribution in [2.45, 2.75) is 33.6 Å². The first-order valence-electron chi connectivity index (χ1n) is 10.8. The van der Waals surface area contributed by atoms with Crippen LogP contribution in [-0.4, -0.2) is 29.3 Å². The summed E-state index contributed by atoms with van der Waals surface area (Å²) in [7, 11) is 0. The van der Waals surface area contributed by atoms with Crippen LogP contribution in [0.1, 0.15) is 51.3 Å². The van der Waals surface area contributed by atoms with Crippen LogP contribution in [0.5, 0.6) is 0 Å². The molecule has 0 bridgehead atoms. The van der Waals surface area contributed by atoms with Crippen LogP contribution in [0.25, 0.3) is 11.6 Å². The number of amides is 3. The number of fused-ring (bicyclic) bond motifs is 1. The summed E-state index contributed by atoms with van der Waals surface area (Å²) in [5.74, 6) is -0.903. The second kappa shape index (κ2) is 8.82. The van der Waals surface area contributed by atoms with Gasteiger partial charge in [0.05, 0.1) is 23.4 Å². The zero-order valence-electron chi connectivity index (χ0n) is 18.9. The molecule has 2 heterocycles. The summed E-state index contributed by atoms with van der Waals surface area (Å²) in [6.45, 7) is 5.39. The number of hydrogen-bond acceptors (Lipinski definition) is 4. The molecule has 170 valence electrons. The van der Waals surface area contributed by atoms with Crippen molar-refractivity contribution in [2.24, 2.45) is 5.73 Å². The van der Waals surface area contributed by atoms with E-state index in [1.807, 2.05) is 38.1 Å². The average Bonchev–Trinajstić information content (AvgIpc) is 3.23. The van der Waals surface area contributed by atoms with Crippen LogP contribution in [-0.2, 0) is 9.59 Å². The fraction of sp³-hybridized carbons (Fsp3) is 0.240. The maximum atomic E-state index is 12.8. The highest BCUT2D eigenvalue weighted by Crippen LogP contribution is 2.34. The highest BCUT2D eigenvalue weighted by molar-refractivity contribution is 6.35. The molecular weight excluding hydrogens is 418 g/mol. The lowest BCUT2D eigenvalue weighted by Gasteiger charge is -2.13. The van der Waals surface area contributed by atoms with Crippen molar-refractivity contribution >= 4 is 35.1 Å². The van der Waals surface area contributed by atoms with Crippen LogP contribution in [0, 0.1) is 20.8 Å². The van der Waals surface area contributed by atoms with E-state index in [1.54, 1.807) is 19.1 Å². The Balaban J connectivity index is 1.50. The van der Waals surface area contributed by atoms with Gasteiger partial charge in [0.15, 0.2) is 0 Å². The number of rotatable bonds is 5. The third kappa shape index (κ3) is 4.45. The molecule has 2 aromatic rings. The van der Waals surface area contributed by atoms with Gasteiger partial charge in [-0.3, -0.25) is 14.4 Å². The largest absolute Gasteiger partial charge is 0.400 e. The Labute approximate surface area is 192 Å². The van der Waals surface area contributed by atoms with Crippen molar-refractivity contribution in [3.8, 4) is 0 Å². The summed E-state index contributed by atoms with van der Waals surface area (Å²) >= 11 is 0. The average molecular weight is 446 g/mol. The standard InChI is InChI=1S/C25H27N5O3/c1-13-8-9-19-16(10-13)17(24(32)30-19)11-21-14(2)23(15(3)28-21)25(33)27-12-22(31)29-20-7-5-4-6-18(20)26/h5,7-11,28H,4,6,12,26H2,1-3H3,(H,27,33)(H,29,31)(H,30,32)/b17-11-. The Morgan fingerprint density at radius 3 is 2.76 bits per heavy atom. The predicted octanol–water partition coefficient (Wildman–Crippen LogP) is 2.80. The van der Waals surface area contributed by atoms with Crippen LogP contribution in [0.3, 0.4) is 0 Å². The third-order valence-electron chi connectivity index (χ3n) is 5.84. The summed E-state index contributed by atoms with van der Waals surface area (Å²) in [4.78, 5) is 40.8. The number of hydrogen-bond donors (Lipinski definition) is 5. The van der Waals surface area contributed by atoms with Gasteiger partial charge in [0.1, 0.15) is 0 Å². The Hall–Kier alpha value is -4.07. The van der Waals surface area contributed by atoms with Crippen LogP contribution in [0.4, 0.5) is 5.69 Å². The lowest BCUT2D eigenvalue weighted by atomic mass is 10.0. The summed E-state index contributed by atoms with van der Waals surface area (Å²) in [6, 6.07) is 5.78. The maximum Gasteiger partial charge on any atom is 0.256 e. The van der Waals surface area contributed by atoms with Crippen molar-refractivity contribution in [1.29, 1.82) is 0 Å². The number of nitrogens with one attached hydrogen (secondary N) is 4. The maximum absolute atomic E-state index is 12.8. The number of allylic oxidation sites excluding steroid dienone is 3. The molecule has 2 aliphatic rings. The van der Waals surface area contributed by atoms with E-state index in [0.29, 0.717) is 45.9 Å². The topological polar surface area (TPSA) is 129 Å². The molecule has 33 heavy (non-hydrogen) atoms. The number of carbonyl (C=O) groups is 3. The van der Waals surface area contributed by atoms with Gasteiger partial charge < -0.3 is 26.7 Å². The Morgan fingerprint density at radius 1 is 1.21 bits per heavy atom. The number of aromatic amines is 1. The molecule has 0 spiro atoms. The number of carbonyl (C=O) groups excluding carboxylic acids is 3. The molecule has 4 rings (SSSR count). The molecule has 0 unspecified atom stereocenters. The van der Waals surface area contributed by atoms with E-state index in [-0.39, 0.29) is 24.3 Å². The zero-order chi connectivity index (χ0) is 23.7. The van der Waals surface area contributed by atoms with Gasteiger partial charge >= 0.3 is 0 Å². The number of aryl methyl sites for hydroxylation is 2. The van der Waals surface area contributed by atoms with Crippen molar-refractivity contribution < 1.29 is 14.4 Å². The second-order valence-corrected chi connectivity index (χ2v) is 8.34. The predicted molar refractivity (Wildman–Crippen MR) is 128 cm³/mol. The molecule has 8 nitrogen and oxygen atoms in total. The fourth-order valence-corrected chi connectivity index (χ4v) is 4.10. The van der Waals surface area contributed by atoms with Gasteiger partial charge in [0.25, 0.3) is 11.8 Å². The number of H-pyrrole nitrogens is 1. The molecule has 0 radical (unpaired) electrons. The van der Waals surface area contributed by atoms with E-state index in [4.69, 9.17) is 5.73 Å². The van der Waals surface area contributed by atoms with Gasteiger partial charge in [-0.1, -0.05) is 17.7 Å². The molecule has 0 saturated heterocycles. The SMILES string of the molecule is Cc1ccc2c(c1)/C(=C/c1[nH]c(C)c(C(=O)NCC(=O)NC3=C(N)CCC=C3)c1C)C(=O)N2. The molecule has 0 fully saturated rings. The number of nitrogens with two attached hydrogens (primary N) is 1. The second-order valence-electron chi connectivity index (χ2n) is 8.34. The monoisotopic (exact) mass is 445 g/mol. The van der Waals surface area contributed by atoms with Crippen molar-refractivity contribution in [3.63, 3.8) is 0 Å². The summed E-state index contributed by atoms with van der Waals surface area (Å²) in [5, 5.41) is 8.26. The number of benzene rings is 1. The smallest absolute Gasteiger partial charge is 0.256 e. The van der Waals surface area contributed by atoms with E-state index >= 15 is 0 Å². The normalized spacial score (nSPS) is 16.1. The molecule has 1 aliphatic carbocycles. The van der Waals surface area contributed by atoms with Gasteiger partial charge in [-0.25, -0.2) is 0 Å². The number of aromatic nitrogens is 1. The highest BCUT2D eigenvalue weighted by atomic mass is 16.2. The lowest BCUT2D eigenvalue weighted by molar-refractivity contribution is -0.119. The molecule has 0 saturated carbocycles. The molecule has 6 N–H and O–H groups in total. The Kier molecular flexibility index (Phi) is 5.91. The van der Waals surface area contributed by atoms with Crippen LogP contribution in [0.2, 0.25) is 0 Å². The van der Waals surface area contributed by atoms with Gasteiger partial charge in [-0.2, -0.15) is 0 Å². The van der Waals surface area contributed by atoms with Crippen LogP contribution < -0.4 is 21.7 Å². The first-order valence-corrected chi connectivity index (χ1v) is 10.8. The quantitative estimate of drug-likeness (QED) is 0.453. The molecule has 1 aromatic carbocycles. The van der Waals surface area contributed by atoms with Gasteiger partial charge in [-0.05, 0) is 63.5 Å². The van der Waals surface area contributed by atoms with E-state index in [1.165, 1.54) is 0 Å². The van der Waals surface area contributed by atoms with Crippen LogP contribution in [0.15, 0.2) is 41.7 Å². The molecule has 3 amide bonds. The van der Waals surface area contributed by atoms with E-state index in [0.717, 1.165) is 23.2 Å². The first kappa shape index (κ1) is 22.1. The Morgan fingerprint density at radius 2 is 2.00 bits per heavy atom. The van der Waals surface area contributed by atoms with Crippen molar-refractivity contribution in [1.82, 2.24) is 15.6 Å². The summed E-state index contributed by atoms with van der Waals surface area (Å²) in [6.07, 6.45) is 7.02. The third-order valence-corrected chi connectivity index (χ3v) is 5.84. The zero-order valence-corrected chi connectivity index (χ0v) is 18.9. The Bertz CT molecular complexity index is 1260. The van der Waals surface area contributed by atoms with E-state index in [2.05, 4.69) is 20.9 Å². The van der Waals surface area contributed by atoms with Gasteiger partial charge in [-0.15, -0.1) is 0 Å². The molecule has 0 atom stereocenters. The van der Waals surface area contributed by atoms with Gasteiger partial charge in [0, 0.05) is 28.3 Å². The number of anilines is 1.